The molecular formula is C21H22F2O3. The van der Waals surface area contributed by atoms with Crippen LogP contribution >= 0.6 is 0 Å². The highest BCUT2D eigenvalue weighted by molar-refractivity contribution is 5.91. The highest BCUT2D eigenvalue weighted by Crippen LogP contribution is 2.35. The average Bonchev–Trinajstić information content (AvgIpc) is 2.65. The predicted molar refractivity (Wildman–Crippen MR) is 94.3 cm³/mol. The van der Waals surface area contributed by atoms with Gasteiger partial charge in [0.2, 0.25) is 0 Å². The summed E-state index contributed by atoms with van der Waals surface area (Å²) in [4.78, 5) is 12.2. The lowest BCUT2D eigenvalue weighted by atomic mass is 9.79. The zero-order valence-electron chi connectivity index (χ0n) is 14.7. The first kappa shape index (κ1) is 18.5. The molecule has 0 heterocycles. The van der Waals surface area contributed by atoms with Crippen molar-refractivity contribution in [2.24, 2.45) is 5.92 Å². The van der Waals surface area contributed by atoms with Crippen LogP contribution in [-0.2, 0) is 4.74 Å². The van der Waals surface area contributed by atoms with Crippen LogP contribution in [-0.4, -0.2) is 19.7 Å². The SMILES string of the molecule is COC[C@H]1CC[C@H](c2ccc(C(=O)Oc3ccc(F)cc3F)cc2)CC1. The van der Waals surface area contributed by atoms with Crippen LogP contribution < -0.4 is 4.74 Å². The molecule has 0 aliphatic heterocycles. The van der Waals surface area contributed by atoms with Gasteiger partial charge in [-0.15, -0.1) is 0 Å². The van der Waals surface area contributed by atoms with Crippen LogP contribution in [0.4, 0.5) is 8.78 Å². The quantitative estimate of drug-likeness (QED) is 0.549. The molecule has 2 aromatic rings. The molecule has 26 heavy (non-hydrogen) atoms. The molecule has 138 valence electrons. The second kappa shape index (κ2) is 8.41. The molecule has 0 atom stereocenters. The van der Waals surface area contributed by atoms with E-state index in [2.05, 4.69) is 0 Å². The van der Waals surface area contributed by atoms with E-state index >= 15 is 0 Å². The Labute approximate surface area is 151 Å². The number of benzene rings is 2. The molecule has 0 N–H and O–H groups in total. The van der Waals surface area contributed by atoms with E-state index in [1.807, 2.05) is 12.1 Å². The van der Waals surface area contributed by atoms with Gasteiger partial charge >= 0.3 is 5.97 Å². The fourth-order valence-electron chi connectivity index (χ4n) is 3.51. The summed E-state index contributed by atoms with van der Waals surface area (Å²) >= 11 is 0. The van der Waals surface area contributed by atoms with Gasteiger partial charge in [0.05, 0.1) is 5.56 Å². The lowest BCUT2D eigenvalue weighted by molar-refractivity contribution is 0.0727. The normalized spacial score (nSPS) is 20.0. The van der Waals surface area contributed by atoms with Crippen molar-refractivity contribution in [1.29, 1.82) is 0 Å². The Morgan fingerprint density at radius 2 is 1.73 bits per heavy atom. The summed E-state index contributed by atoms with van der Waals surface area (Å²) in [6.07, 6.45) is 4.51. The molecule has 0 spiro atoms. The van der Waals surface area contributed by atoms with Crippen LogP contribution in [0.3, 0.4) is 0 Å². The van der Waals surface area contributed by atoms with Gasteiger partial charge < -0.3 is 9.47 Å². The fraction of sp³-hybridized carbons (Fsp3) is 0.381. The van der Waals surface area contributed by atoms with E-state index in [4.69, 9.17) is 9.47 Å². The number of methoxy groups -OCH3 is 1. The second-order valence-electron chi connectivity index (χ2n) is 6.76. The molecule has 2 aromatic carbocycles. The van der Waals surface area contributed by atoms with Gasteiger partial charge in [-0.1, -0.05) is 12.1 Å². The van der Waals surface area contributed by atoms with Gasteiger partial charge in [0.15, 0.2) is 11.6 Å². The molecule has 3 nitrogen and oxygen atoms in total. The largest absolute Gasteiger partial charge is 0.420 e. The first-order valence-corrected chi connectivity index (χ1v) is 8.83. The van der Waals surface area contributed by atoms with Crippen LogP contribution in [0.25, 0.3) is 0 Å². The first-order valence-electron chi connectivity index (χ1n) is 8.83. The van der Waals surface area contributed by atoms with Crippen molar-refractivity contribution >= 4 is 5.97 Å². The molecule has 0 aromatic heterocycles. The molecule has 0 radical (unpaired) electrons. The topological polar surface area (TPSA) is 35.5 Å². The van der Waals surface area contributed by atoms with Gasteiger partial charge in [0.25, 0.3) is 0 Å². The Balaban J connectivity index is 1.61. The van der Waals surface area contributed by atoms with Crippen molar-refractivity contribution in [1.82, 2.24) is 0 Å². The summed E-state index contributed by atoms with van der Waals surface area (Å²) in [6.45, 7) is 0.817. The van der Waals surface area contributed by atoms with Crippen molar-refractivity contribution in [3.05, 3.63) is 65.2 Å². The summed E-state index contributed by atoms with van der Waals surface area (Å²) in [5.41, 5.74) is 1.54. The van der Waals surface area contributed by atoms with Crippen molar-refractivity contribution in [3.8, 4) is 5.75 Å². The van der Waals surface area contributed by atoms with Crippen molar-refractivity contribution in [2.75, 3.05) is 13.7 Å². The zero-order valence-corrected chi connectivity index (χ0v) is 14.7. The van der Waals surface area contributed by atoms with Gasteiger partial charge in [-0.05, 0) is 67.3 Å². The maximum atomic E-state index is 13.6. The van der Waals surface area contributed by atoms with Crippen molar-refractivity contribution in [3.63, 3.8) is 0 Å². The molecule has 1 aliphatic carbocycles. The minimum atomic E-state index is -0.900. The van der Waals surface area contributed by atoms with Crippen LogP contribution in [0.2, 0.25) is 0 Å². The number of rotatable bonds is 5. The molecular weight excluding hydrogens is 338 g/mol. The molecule has 0 unspecified atom stereocenters. The summed E-state index contributed by atoms with van der Waals surface area (Å²) in [5, 5.41) is 0. The van der Waals surface area contributed by atoms with E-state index in [1.54, 1.807) is 19.2 Å². The third kappa shape index (κ3) is 4.47. The Hall–Kier alpha value is -2.27. The van der Waals surface area contributed by atoms with E-state index in [0.717, 1.165) is 44.4 Å². The monoisotopic (exact) mass is 360 g/mol. The number of esters is 1. The molecule has 1 aliphatic rings. The summed E-state index contributed by atoms with van der Waals surface area (Å²) in [7, 11) is 1.74. The minimum Gasteiger partial charge on any atom is -0.420 e. The Kier molecular flexibility index (Phi) is 5.99. The highest BCUT2D eigenvalue weighted by atomic mass is 19.1. The van der Waals surface area contributed by atoms with Gasteiger partial charge in [0, 0.05) is 19.8 Å². The smallest absolute Gasteiger partial charge is 0.343 e. The third-order valence-electron chi connectivity index (χ3n) is 4.96. The van der Waals surface area contributed by atoms with E-state index in [0.29, 0.717) is 23.5 Å². The lowest BCUT2D eigenvalue weighted by Gasteiger charge is -2.28. The molecule has 0 bridgehead atoms. The Morgan fingerprint density at radius 1 is 1.04 bits per heavy atom. The number of hydrogen-bond donors (Lipinski definition) is 0. The lowest BCUT2D eigenvalue weighted by Crippen LogP contribution is -2.17. The third-order valence-corrected chi connectivity index (χ3v) is 4.96. The Morgan fingerprint density at radius 3 is 2.35 bits per heavy atom. The van der Waals surface area contributed by atoms with Gasteiger partial charge in [-0.25, -0.2) is 13.6 Å². The number of ether oxygens (including phenoxy) is 2. The molecule has 3 rings (SSSR count). The van der Waals surface area contributed by atoms with E-state index in [9.17, 15) is 13.6 Å². The molecule has 1 fully saturated rings. The molecule has 0 saturated heterocycles. The van der Waals surface area contributed by atoms with Crippen molar-refractivity contribution in [2.45, 2.75) is 31.6 Å². The van der Waals surface area contributed by atoms with Crippen LogP contribution in [0.5, 0.6) is 5.75 Å². The van der Waals surface area contributed by atoms with Gasteiger partial charge in [0.1, 0.15) is 5.82 Å². The fourth-order valence-corrected chi connectivity index (χ4v) is 3.51. The maximum absolute atomic E-state index is 13.6. The zero-order chi connectivity index (χ0) is 18.5. The van der Waals surface area contributed by atoms with E-state index < -0.39 is 17.6 Å². The van der Waals surface area contributed by atoms with Gasteiger partial charge in [-0.3, -0.25) is 0 Å². The second-order valence-corrected chi connectivity index (χ2v) is 6.76. The van der Waals surface area contributed by atoms with Crippen LogP contribution in [0.15, 0.2) is 42.5 Å². The number of halogens is 2. The number of carbonyl (C=O) groups is 1. The summed E-state index contributed by atoms with van der Waals surface area (Å²) in [5.74, 6) is -1.43. The summed E-state index contributed by atoms with van der Waals surface area (Å²) < 4.78 is 36.7. The highest BCUT2D eigenvalue weighted by Gasteiger charge is 2.22. The molecule has 1 saturated carbocycles. The Bertz CT molecular complexity index is 750. The minimum absolute atomic E-state index is 0.281. The van der Waals surface area contributed by atoms with E-state index in [1.165, 1.54) is 5.56 Å². The summed E-state index contributed by atoms with van der Waals surface area (Å²) in [6, 6.07) is 10.1. The average molecular weight is 360 g/mol. The van der Waals surface area contributed by atoms with E-state index in [-0.39, 0.29) is 5.75 Å². The van der Waals surface area contributed by atoms with Crippen molar-refractivity contribution < 1.29 is 23.0 Å². The maximum Gasteiger partial charge on any atom is 0.343 e. The first-order chi connectivity index (χ1) is 12.6. The van der Waals surface area contributed by atoms with Crippen LogP contribution in [0.1, 0.15) is 47.5 Å². The van der Waals surface area contributed by atoms with Gasteiger partial charge in [-0.2, -0.15) is 0 Å². The number of hydrogen-bond acceptors (Lipinski definition) is 3. The molecule has 0 amide bonds. The molecule has 5 heteroatoms. The number of carbonyl (C=O) groups excluding carboxylic acids is 1. The standard InChI is InChI=1S/C21H22F2O3/c1-25-13-14-2-4-15(5-3-14)16-6-8-17(9-7-16)21(24)26-20-11-10-18(22)12-19(20)23/h6-12,14-15H,2-5,13H2,1H3/t14-,15-. The predicted octanol–water partition coefficient (Wildman–Crippen LogP) is 5.10. The van der Waals surface area contributed by atoms with Crippen LogP contribution in [0, 0.1) is 17.6 Å².